The number of benzene rings is 1. The predicted molar refractivity (Wildman–Crippen MR) is 65.5 cm³/mol. The Hall–Kier alpha value is -1.30. The van der Waals surface area contributed by atoms with E-state index in [4.69, 9.17) is 7.80 Å². The molecular formula is C11H6INO2. The molecule has 0 aliphatic carbocycles. The lowest BCUT2D eigenvalue weighted by molar-refractivity contribution is 0.564. The average molecular weight is 311 g/mol. The second-order valence-electron chi connectivity index (χ2n) is 3.19. The van der Waals surface area contributed by atoms with Crippen LogP contribution >= 0.6 is 23.0 Å². The van der Waals surface area contributed by atoms with Gasteiger partial charge in [0, 0.05) is 17.1 Å². The van der Waals surface area contributed by atoms with Crippen molar-refractivity contribution in [2.45, 2.75) is 0 Å². The molecule has 3 nitrogen and oxygen atoms in total. The van der Waals surface area contributed by atoms with Crippen molar-refractivity contribution in [3.8, 4) is 5.75 Å². The van der Waals surface area contributed by atoms with Crippen LogP contribution in [-0.2, 0) is 4.74 Å². The Morgan fingerprint density at radius 3 is 2.87 bits per heavy atom. The molecule has 3 rings (SSSR count). The van der Waals surface area contributed by atoms with Gasteiger partial charge in [-0.1, -0.05) is 6.07 Å². The summed E-state index contributed by atoms with van der Waals surface area (Å²) < 4.78 is 10.3. The first kappa shape index (κ1) is 8.96. The summed E-state index contributed by atoms with van der Waals surface area (Å²) in [4.78, 5) is 4.31. The van der Waals surface area contributed by atoms with Crippen LogP contribution in [0, 0.1) is 0 Å². The van der Waals surface area contributed by atoms with Gasteiger partial charge < -0.3 is 7.80 Å². The van der Waals surface area contributed by atoms with Crippen molar-refractivity contribution in [1.82, 2.24) is 4.98 Å². The van der Waals surface area contributed by atoms with E-state index in [0.29, 0.717) is 0 Å². The Morgan fingerprint density at radius 1 is 1.27 bits per heavy atom. The van der Waals surface area contributed by atoms with Crippen LogP contribution in [0.1, 0.15) is 5.56 Å². The highest BCUT2D eigenvalue weighted by Gasteiger charge is 2.18. The Bertz CT molecular complexity index is 566. The van der Waals surface area contributed by atoms with Crippen LogP contribution in [-0.4, -0.2) is 4.98 Å². The van der Waals surface area contributed by atoms with Crippen molar-refractivity contribution in [1.29, 1.82) is 0 Å². The number of rotatable bonds is 2. The number of fused-ring (bicyclic) bond motifs is 1. The highest BCUT2D eigenvalue weighted by molar-refractivity contribution is 14.1. The van der Waals surface area contributed by atoms with E-state index in [-0.39, 0.29) is 0 Å². The maximum atomic E-state index is 5.23. The SMILES string of the molecule is IOc1ccc(C2=CO2)c2cccnc12. The van der Waals surface area contributed by atoms with Gasteiger partial charge in [0.05, 0.1) is 0 Å². The van der Waals surface area contributed by atoms with E-state index >= 15 is 0 Å². The molecular weight excluding hydrogens is 305 g/mol. The summed E-state index contributed by atoms with van der Waals surface area (Å²) in [5, 5.41) is 1.05. The molecule has 0 amide bonds. The van der Waals surface area contributed by atoms with Gasteiger partial charge >= 0.3 is 0 Å². The molecule has 0 unspecified atom stereocenters. The molecule has 15 heavy (non-hydrogen) atoms. The number of hydrogen-bond donors (Lipinski definition) is 0. The second kappa shape index (κ2) is 3.37. The standard InChI is InChI=1S/C11H6INO2/c12-15-9-4-3-7(10-6-14-10)8-2-1-5-13-11(8)9/h1-6H. The molecule has 74 valence electrons. The lowest BCUT2D eigenvalue weighted by atomic mass is 10.1. The number of aromatic nitrogens is 1. The van der Waals surface area contributed by atoms with Gasteiger partial charge in [0.15, 0.2) is 34.5 Å². The van der Waals surface area contributed by atoms with Crippen LogP contribution < -0.4 is 3.07 Å². The minimum atomic E-state index is 0.774. The molecule has 0 atom stereocenters. The number of nitrogens with zero attached hydrogens (tertiary/aromatic N) is 1. The van der Waals surface area contributed by atoms with Gasteiger partial charge in [-0.15, -0.1) is 0 Å². The van der Waals surface area contributed by atoms with E-state index in [9.17, 15) is 0 Å². The van der Waals surface area contributed by atoms with Gasteiger partial charge in [0.1, 0.15) is 11.8 Å². The Morgan fingerprint density at radius 2 is 2.13 bits per heavy atom. The predicted octanol–water partition coefficient (Wildman–Crippen LogP) is 3.29. The lowest BCUT2D eigenvalue weighted by Gasteiger charge is -2.04. The number of halogens is 1. The van der Waals surface area contributed by atoms with Crippen LogP contribution in [0.15, 0.2) is 36.7 Å². The van der Waals surface area contributed by atoms with Gasteiger partial charge in [0.2, 0.25) is 0 Å². The molecule has 0 saturated heterocycles. The third kappa shape index (κ3) is 1.45. The van der Waals surface area contributed by atoms with Crippen molar-refractivity contribution in [3.63, 3.8) is 0 Å². The van der Waals surface area contributed by atoms with Gasteiger partial charge in [0.25, 0.3) is 0 Å². The minimum Gasteiger partial charge on any atom is -0.457 e. The molecule has 1 aliphatic rings. The fourth-order valence-corrected chi connectivity index (χ4v) is 1.94. The van der Waals surface area contributed by atoms with Gasteiger partial charge in [-0.25, -0.2) is 0 Å². The van der Waals surface area contributed by atoms with Gasteiger partial charge in [-0.3, -0.25) is 4.98 Å². The zero-order valence-electron chi connectivity index (χ0n) is 7.61. The molecule has 1 aromatic carbocycles. The Labute approximate surface area is 100 Å². The molecule has 1 aliphatic heterocycles. The van der Waals surface area contributed by atoms with Crippen LogP contribution in [0.2, 0.25) is 0 Å². The molecule has 0 fully saturated rings. The smallest absolute Gasteiger partial charge is 0.192 e. The fraction of sp³-hybridized carbons (Fsp3) is 0. The van der Waals surface area contributed by atoms with E-state index in [1.54, 1.807) is 12.5 Å². The zero-order valence-corrected chi connectivity index (χ0v) is 9.76. The summed E-state index contributed by atoms with van der Waals surface area (Å²) in [6, 6.07) is 7.81. The first-order valence-corrected chi connectivity index (χ1v) is 5.32. The zero-order chi connectivity index (χ0) is 10.3. The van der Waals surface area contributed by atoms with Crippen LogP contribution in [0.3, 0.4) is 0 Å². The van der Waals surface area contributed by atoms with E-state index in [2.05, 4.69) is 4.98 Å². The summed E-state index contributed by atoms with van der Waals surface area (Å²) in [6.07, 6.45) is 3.49. The molecule has 0 radical (unpaired) electrons. The molecule has 2 heterocycles. The van der Waals surface area contributed by atoms with E-state index < -0.39 is 0 Å². The van der Waals surface area contributed by atoms with Crippen molar-refractivity contribution in [2.75, 3.05) is 0 Å². The summed E-state index contributed by atoms with van der Waals surface area (Å²) in [7, 11) is 0. The van der Waals surface area contributed by atoms with Crippen molar-refractivity contribution in [2.24, 2.45) is 0 Å². The fourth-order valence-electron chi connectivity index (χ4n) is 1.58. The Kier molecular flexibility index (Phi) is 2.02. The Balaban J connectivity index is 2.35. The van der Waals surface area contributed by atoms with Crippen molar-refractivity contribution < 1.29 is 7.80 Å². The third-order valence-electron chi connectivity index (χ3n) is 2.32. The molecule has 1 aromatic heterocycles. The largest absolute Gasteiger partial charge is 0.457 e. The first-order valence-electron chi connectivity index (χ1n) is 4.43. The maximum absolute atomic E-state index is 5.23. The highest BCUT2D eigenvalue weighted by atomic mass is 127. The third-order valence-corrected chi connectivity index (χ3v) is 2.79. The summed E-state index contributed by atoms with van der Waals surface area (Å²) in [5.74, 6) is 1.68. The van der Waals surface area contributed by atoms with Crippen molar-refractivity contribution >= 4 is 39.7 Å². The number of hydrogen-bond acceptors (Lipinski definition) is 3. The highest BCUT2D eigenvalue weighted by Crippen LogP contribution is 2.36. The van der Waals surface area contributed by atoms with Gasteiger partial charge in [-0.2, -0.15) is 0 Å². The summed E-state index contributed by atoms with van der Waals surface area (Å²) >= 11 is 1.86. The lowest BCUT2D eigenvalue weighted by Crippen LogP contribution is -1.86. The van der Waals surface area contributed by atoms with E-state index in [1.165, 1.54) is 0 Å². The monoisotopic (exact) mass is 311 g/mol. The normalized spacial score (nSPS) is 13.3. The molecule has 2 aromatic rings. The van der Waals surface area contributed by atoms with E-state index in [1.807, 2.05) is 47.3 Å². The topological polar surface area (TPSA) is 34.6 Å². The second-order valence-corrected chi connectivity index (χ2v) is 3.63. The summed E-state index contributed by atoms with van der Waals surface area (Å²) in [5.41, 5.74) is 1.93. The molecule has 0 saturated carbocycles. The summed E-state index contributed by atoms with van der Waals surface area (Å²) in [6.45, 7) is 0. The molecule has 0 N–H and O–H groups in total. The van der Waals surface area contributed by atoms with Crippen LogP contribution in [0.4, 0.5) is 0 Å². The first-order chi connectivity index (χ1) is 7.40. The van der Waals surface area contributed by atoms with E-state index in [0.717, 1.165) is 28.0 Å². The van der Waals surface area contributed by atoms with Crippen LogP contribution in [0.25, 0.3) is 16.7 Å². The average Bonchev–Trinajstić information content (AvgIpc) is 3.11. The van der Waals surface area contributed by atoms with Gasteiger partial charge in [-0.05, 0) is 18.2 Å². The number of ether oxygens (including phenoxy) is 1. The molecule has 4 heteroatoms. The maximum Gasteiger partial charge on any atom is 0.192 e. The molecule has 0 bridgehead atoms. The van der Waals surface area contributed by atoms with Crippen LogP contribution in [0.5, 0.6) is 5.75 Å². The molecule has 0 spiro atoms. The van der Waals surface area contributed by atoms with Crippen molar-refractivity contribution in [3.05, 3.63) is 42.3 Å². The minimum absolute atomic E-state index is 0.774. The number of pyridine rings is 1. The quantitative estimate of drug-likeness (QED) is 0.798.